The molecule has 3 rings (SSSR count). The zero-order chi connectivity index (χ0) is 12.6. The number of hydrogen-bond acceptors (Lipinski definition) is 4. The quantitative estimate of drug-likeness (QED) is 0.409. The van der Waals surface area contributed by atoms with Crippen LogP contribution in [-0.4, -0.2) is 65.2 Å². The van der Waals surface area contributed by atoms with E-state index in [4.69, 9.17) is 14.2 Å². The van der Waals surface area contributed by atoms with E-state index in [9.17, 15) is 0 Å². The maximum atomic E-state index is 5.96. The molecule has 19 heavy (non-hydrogen) atoms. The van der Waals surface area contributed by atoms with Crippen LogP contribution in [-0.2, 0) is 14.2 Å². The SMILES string of the molecule is COCCOCO[C@H]1CN2CC[C@@H]3CC[C@H]1[C@@]32C.[B]. The number of methoxy groups -OCH3 is 1. The van der Waals surface area contributed by atoms with Crippen LogP contribution in [0.3, 0.4) is 0 Å². The summed E-state index contributed by atoms with van der Waals surface area (Å²) in [5, 5.41) is 0. The summed E-state index contributed by atoms with van der Waals surface area (Å²) in [6, 6.07) is 0. The van der Waals surface area contributed by atoms with Crippen LogP contribution in [0.1, 0.15) is 26.2 Å². The highest BCUT2D eigenvalue weighted by molar-refractivity contribution is 5.75. The van der Waals surface area contributed by atoms with Crippen LogP contribution in [0.4, 0.5) is 0 Å². The first-order valence-corrected chi connectivity index (χ1v) is 7.20. The normalized spacial score (nSPS) is 40.4. The fraction of sp³-hybridized carbons (Fsp3) is 1.00. The van der Waals surface area contributed by atoms with E-state index >= 15 is 0 Å². The van der Waals surface area contributed by atoms with Gasteiger partial charge in [-0.1, -0.05) is 0 Å². The van der Waals surface area contributed by atoms with Gasteiger partial charge in [0, 0.05) is 33.5 Å². The molecule has 2 aliphatic heterocycles. The standard InChI is InChI=1S/C14H25NO3.B/c1-14-11-3-4-12(14)13(9-15(14)6-5-11)18-10-17-8-7-16-2;/h11-13H,3-10H2,1-2H3;/t11-,12+,13-,14+;/m0./s1. The van der Waals surface area contributed by atoms with Crippen molar-refractivity contribution in [1.29, 1.82) is 0 Å². The Bertz CT molecular complexity index is 304. The Labute approximate surface area is 118 Å². The van der Waals surface area contributed by atoms with E-state index in [2.05, 4.69) is 11.8 Å². The molecule has 2 saturated heterocycles. The van der Waals surface area contributed by atoms with Crippen molar-refractivity contribution in [3.63, 3.8) is 0 Å². The maximum Gasteiger partial charge on any atom is 0.147 e. The highest BCUT2D eigenvalue weighted by atomic mass is 16.7. The van der Waals surface area contributed by atoms with Crippen LogP contribution >= 0.6 is 0 Å². The van der Waals surface area contributed by atoms with E-state index in [1.807, 2.05) is 0 Å². The van der Waals surface area contributed by atoms with Crippen molar-refractivity contribution >= 4 is 8.41 Å². The van der Waals surface area contributed by atoms with Crippen LogP contribution < -0.4 is 0 Å². The van der Waals surface area contributed by atoms with E-state index in [1.165, 1.54) is 25.8 Å². The summed E-state index contributed by atoms with van der Waals surface area (Å²) in [6.45, 7) is 6.50. The Morgan fingerprint density at radius 1 is 1.21 bits per heavy atom. The molecule has 0 N–H and O–H groups in total. The fourth-order valence-electron chi connectivity index (χ4n) is 4.45. The minimum Gasteiger partial charge on any atom is -0.382 e. The van der Waals surface area contributed by atoms with Crippen molar-refractivity contribution < 1.29 is 14.2 Å². The third-order valence-electron chi connectivity index (χ3n) is 5.48. The maximum absolute atomic E-state index is 5.96. The Kier molecular flexibility index (Phi) is 4.93. The van der Waals surface area contributed by atoms with Crippen molar-refractivity contribution in [2.45, 2.75) is 37.8 Å². The number of ether oxygens (including phenoxy) is 3. The molecule has 3 aliphatic rings. The Morgan fingerprint density at radius 3 is 2.84 bits per heavy atom. The van der Waals surface area contributed by atoms with Crippen LogP contribution in [0.15, 0.2) is 0 Å². The van der Waals surface area contributed by atoms with E-state index < -0.39 is 0 Å². The van der Waals surface area contributed by atoms with Crippen molar-refractivity contribution in [2.75, 3.05) is 40.2 Å². The van der Waals surface area contributed by atoms with Crippen LogP contribution in [0, 0.1) is 11.8 Å². The third kappa shape index (κ3) is 2.46. The lowest BCUT2D eigenvalue weighted by Crippen LogP contribution is -2.41. The van der Waals surface area contributed by atoms with Gasteiger partial charge in [0.15, 0.2) is 0 Å². The average Bonchev–Trinajstić information content (AvgIpc) is 2.94. The first-order valence-electron chi connectivity index (χ1n) is 7.20. The molecule has 3 fully saturated rings. The molecule has 5 heteroatoms. The van der Waals surface area contributed by atoms with Gasteiger partial charge in [-0.3, -0.25) is 4.90 Å². The largest absolute Gasteiger partial charge is 0.382 e. The van der Waals surface area contributed by atoms with Crippen molar-refractivity contribution in [2.24, 2.45) is 11.8 Å². The Morgan fingerprint density at radius 2 is 2.05 bits per heavy atom. The van der Waals surface area contributed by atoms with Crippen molar-refractivity contribution in [3.8, 4) is 0 Å². The minimum absolute atomic E-state index is 0. The van der Waals surface area contributed by atoms with Gasteiger partial charge in [0.2, 0.25) is 0 Å². The van der Waals surface area contributed by atoms with Gasteiger partial charge in [-0.25, -0.2) is 0 Å². The summed E-state index contributed by atoms with van der Waals surface area (Å²) in [6.07, 6.45) is 4.50. The lowest BCUT2D eigenvalue weighted by atomic mass is 9.84. The van der Waals surface area contributed by atoms with Gasteiger partial charge in [0.25, 0.3) is 0 Å². The Hall–Kier alpha value is -0.0951. The first-order chi connectivity index (χ1) is 8.76. The molecular formula is C14H25BNO3. The van der Waals surface area contributed by atoms with Gasteiger partial charge in [-0.2, -0.15) is 0 Å². The lowest BCUT2D eigenvalue weighted by molar-refractivity contribution is -0.105. The zero-order valence-electron chi connectivity index (χ0n) is 12.1. The van der Waals surface area contributed by atoms with Crippen molar-refractivity contribution in [3.05, 3.63) is 0 Å². The Balaban J connectivity index is 0.00000133. The summed E-state index contributed by atoms with van der Waals surface area (Å²) in [5.74, 6) is 1.63. The zero-order valence-corrected chi connectivity index (χ0v) is 12.1. The monoisotopic (exact) mass is 266 g/mol. The van der Waals surface area contributed by atoms with Gasteiger partial charge < -0.3 is 14.2 Å². The van der Waals surface area contributed by atoms with Crippen LogP contribution in [0.5, 0.6) is 0 Å². The second-order valence-electron chi connectivity index (χ2n) is 6.07. The highest BCUT2D eigenvalue weighted by Gasteiger charge is 2.61. The summed E-state index contributed by atoms with van der Waals surface area (Å²) in [4.78, 5) is 2.66. The van der Waals surface area contributed by atoms with Gasteiger partial charge in [-0.05, 0) is 38.6 Å². The third-order valence-corrected chi connectivity index (χ3v) is 5.48. The van der Waals surface area contributed by atoms with E-state index in [0.29, 0.717) is 31.6 Å². The topological polar surface area (TPSA) is 30.9 Å². The van der Waals surface area contributed by atoms with Crippen LogP contribution in [0.2, 0.25) is 0 Å². The van der Waals surface area contributed by atoms with E-state index in [-0.39, 0.29) is 8.41 Å². The van der Waals surface area contributed by atoms with E-state index in [1.54, 1.807) is 7.11 Å². The molecule has 4 nitrogen and oxygen atoms in total. The molecule has 0 unspecified atom stereocenters. The van der Waals surface area contributed by atoms with Gasteiger partial charge >= 0.3 is 0 Å². The summed E-state index contributed by atoms with van der Waals surface area (Å²) < 4.78 is 16.3. The average molecular weight is 266 g/mol. The molecule has 2 heterocycles. The molecule has 0 bridgehead atoms. The second-order valence-corrected chi connectivity index (χ2v) is 6.07. The molecule has 4 atom stereocenters. The highest BCUT2D eigenvalue weighted by Crippen LogP contribution is 2.55. The fourth-order valence-corrected chi connectivity index (χ4v) is 4.45. The smallest absolute Gasteiger partial charge is 0.147 e. The summed E-state index contributed by atoms with van der Waals surface area (Å²) in [7, 11) is 1.69. The molecule has 107 valence electrons. The first kappa shape index (κ1) is 15.3. The van der Waals surface area contributed by atoms with Gasteiger partial charge in [0.05, 0.1) is 19.3 Å². The molecule has 0 aromatic carbocycles. The summed E-state index contributed by atoms with van der Waals surface area (Å²) >= 11 is 0. The number of hydrogen-bond donors (Lipinski definition) is 0. The van der Waals surface area contributed by atoms with Gasteiger partial charge in [0.1, 0.15) is 6.79 Å². The minimum atomic E-state index is 0. The number of nitrogens with zero attached hydrogens (tertiary/aromatic N) is 1. The predicted molar refractivity (Wildman–Crippen MR) is 74.1 cm³/mol. The second kappa shape index (κ2) is 6.12. The number of rotatable bonds is 6. The van der Waals surface area contributed by atoms with E-state index in [0.717, 1.165) is 18.4 Å². The lowest BCUT2D eigenvalue weighted by Gasteiger charge is -2.32. The molecule has 0 aromatic heterocycles. The molecule has 3 radical (unpaired) electrons. The molecule has 0 aromatic rings. The molecule has 0 spiro atoms. The summed E-state index contributed by atoms with van der Waals surface area (Å²) in [5.41, 5.74) is 0.428. The molecule has 0 amide bonds. The van der Waals surface area contributed by atoms with Gasteiger partial charge in [-0.15, -0.1) is 0 Å². The molecule has 1 aliphatic carbocycles. The predicted octanol–water partition coefficient (Wildman–Crippen LogP) is 1.12. The van der Waals surface area contributed by atoms with Crippen LogP contribution in [0.25, 0.3) is 0 Å². The molecular weight excluding hydrogens is 241 g/mol. The van der Waals surface area contributed by atoms with Crippen molar-refractivity contribution in [1.82, 2.24) is 4.90 Å². The molecule has 1 saturated carbocycles.